The Hall–Kier alpha value is -1.43. The van der Waals surface area contributed by atoms with E-state index in [1.807, 2.05) is 0 Å². The van der Waals surface area contributed by atoms with Crippen molar-refractivity contribution in [3.63, 3.8) is 0 Å². The van der Waals surface area contributed by atoms with Crippen LogP contribution in [0.5, 0.6) is 0 Å². The molecule has 1 aromatic rings. The summed E-state index contributed by atoms with van der Waals surface area (Å²) in [6.45, 7) is 3.42. The molecule has 0 bridgehead atoms. The molecule has 0 unspecified atom stereocenters. The largest absolute Gasteiger partial charge is 0.366 e. The van der Waals surface area contributed by atoms with Crippen LogP contribution in [0.1, 0.15) is 23.0 Å². The van der Waals surface area contributed by atoms with E-state index in [0.717, 1.165) is 0 Å². The van der Waals surface area contributed by atoms with Crippen molar-refractivity contribution in [1.82, 2.24) is 9.69 Å². The van der Waals surface area contributed by atoms with Gasteiger partial charge in [0.1, 0.15) is 5.00 Å². The lowest BCUT2D eigenvalue weighted by Crippen LogP contribution is -2.26. The fourth-order valence-corrected chi connectivity index (χ4v) is 1.99. The number of carbonyl (C=O) groups excluding carboxylic acids is 2. The number of hydrogen-bond acceptors (Lipinski definition) is 5. The molecule has 15 heavy (non-hydrogen) atoms. The second-order valence-corrected chi connectivity index (χ2v) is 3.83. The van der Waals surface area contributed by atoms with Crippen LogP contribution < -0.4 is 10.6 Å². The molecule has 0 saturated carbocycles. The van der Waals surface area contributed by atoms with Crippen LogP contribution in [0.3, 0.4) is 0 Å². The van der Waals surface area contributed by atoms with Crippen LogP contribution in [0.4, 0.5) is 5.00 Å². The summed E-state index contributed by atoms with van der Waals surface area (Å²) >= 11 is 1.20. The molecule has 1 amide bonds. The van der Waals surface area contributed by atoms with Crippen molar-refractivity contribution < 1.29 is 9.59 Å². The quantitative estimate of drug-likeness (QED) is 0.747. The zero-order valence-corrected chi connectivity index (χ0v) is 9.70. The first kappa shape index (κ1) is 11.6. The van der Waals surface area contributed by atoms with Crippen LogP contribution >= 0.6 is 11.5 Å². The number of Topliss-reactive ketones (excluding diaryl/α,β-unsaturated/α-hetero) is 1. The fourth-order valence-electron chi connectivity index (χ4n) is 1.15. The summed E-state index contributed by atoms with van der Waals surface area (Å²) in [5, 5.41) is 6.03. The zero-order valence-electron chi connectivity index (χ0n) is 8.88. The van der Waals surface area contributed by atoms with Crippen LogP contribution in [-0.4, -0.2) is 29.7 Å². The average Bonchev–Trinajstić information content (AvgIpc) is 2.56. The SMILES string of the molecule is CNC(=O)CNc1snc(C)c1C(C)=O. The monoisotopic (exact) mass is 227 g/mol. The third-order valence-electron chi connectivity index (χ3n) is 1.90. The minimum Gasteiger partial charge on any atom is -0.366 e. The van der Waals surface area contributed by atoms with E-state index in [-0.39, 0.29) is 18.2 Å². The first-order valence-electron chi connectivity index (χ1n) is 4.48. The lowest BCUT2D eigenvalue weighted by Gasteiger charge is -2.03. The van der Waals surface area contributed by atoms with Gasteiger partial charge in [0.05, 0.1) is 17.8 Å². The second kappa shape index (κ2) is 4.88. The van der Waals surface area contributed by atoms with Gasteiger partial charge in [0, 0.05) is 7.05 Å². The Morgan fingerprint density at radius 3 is 2.67 bits per heavy atom. The van der Waals surface area contributed by atoms with E-state index < -0.39 is 0 Å². The molecule has 0 fully saturated rings. The lowest BCUT2D eigenvalue weighted by molar-refractivity contribution is -0.118. The number of amides is 1. The van der Waals surface area contributed by atoms with Gasteiger partial charge in [0.15, 0.2) is 5.78 Å². The van der Waals surface area contributed by atoms with Crippen LogP contribution in [0.2, 0.25) is 0 Å². The number of aryl methyl sites for hydroxylation is 1. The molecule has 1 rings (SSSR count). The molecule has 5 nitrogen and oxygen atoms in total. The van der Waals surface area contributed by atoms with Crippen molar-refractivity contribution in [3.05, 3.63) is 11.3 Å². The molecule has 1 aromatic heterocycles. The molecule has 0 aliphatic carbocycles. The van der Waals surface area contributed by atoms with Gasteiger partial charge in [-0.25, -0.2) is 0 Å². The van der Waals surface area contributed by atoms with E-state index >= 15 is 0 Å². The molecule has 0 aliphatic heterocycles. The van der Waals surface area contributed by atoms with E-state index in [4.69, 9.17) is 0 Å². The normalized spacial score (nSPS) is 9.80. The first-order chi connectivity index (χ1) is 7.06. The Kier molecular flexibility index (Phi) is 3.79. The van der Waals surface area contributed by atoms with Crippen molar-refractivity contribution in [1.29, 1.82) is 0 Å². The van der Waals surface area contributed by atoms with E-state index in [9.17, 15) is 9.59 Å². The van der Waals surface area contributed by atoms with Gasteiger partial charge in [-0.1, -0.05) is 0 Å². The van der Waals surface area contributed by atoms with Gasteiger partial charge in [-0.05, 0) is 25.4 Å². The first-order valence-corrected chi connectivity index (χ1v) is 5.25. The van der Waals surface area contributed by atoms with Gasteiger partial charge in [0.2, 0.25) is 5.91 Å². The van der Waals surface area contributed by atoms with E-state index in [2.05, 4.69) is 15.0 Å². The van der Waals surface area contributed by atoms with Crippen LogP contribution in [0.15, 0.2) is 0 Å². The Balaban J connectivity index is 2.77. The Morgan fingerprint density at radius 1 is 1.47 bits per heavy atom. The van der Waals surface area contributed by atoms with Gasteiger partial charge >= 0.3 is 0 Å². The number of anilines is 1. The number of carbonyl (C=O) groups is 2. The van der Waals surface area contributed by atoms with Crippen LogP contribution in [0, 0.1) is 6.92 Å². The van der Waals surface area contributed by atoms with Gasteiger partial charge < -0.3 is 10.6 Å². The molecule has 82 valence electrons. The highest BCUT2D eigenvalue weighted by atomic mass is 32.1. The maximum Gasteiger partial charge on any atom is 0.239 e. The van der Waals surface area contributed by atoms with Crippen molar-refractivity contribution >= 4 is 28.2 Å². The average molecular weight is 227 g/mol. The molecule has 0 radical (unpaired) electrons. The fraction of sp³-hybridized carbons (Fsp3) is 0.444. The van der Waals surface area contributed by atoms with Crippen molar-refractivity contribution in [2.75, 3.05) is 18.9 Å². The highest BCUT2D eigenvalue weighted by Gasteiger charge is 2.14. The third kappa shape index (κ3) is 2.76. The van der Waals surface area contributed by atoms with Gasteiger partial charge in [0.25, 0.3) is 0 Å². The maximum atomic E-state index is 11.3. The summed E-state index contributed by atoms with van der Waals surface area (Å²) in [4.78, 5) is 22.3. The van der Waals surface area contributed by atoms with Crippen molar-refractivity contribution in [2.45, 2.75) is 13.8 Å². The molecule has 2 N–H and O–H groups in total. The molecule has 1 heterocycles. The van der Waals surface area contributed by atoms with Crippen molar-refractivity contribution in [2.24, 2.45) is 0 Å². The Bertz CT molecular complexity index is 387. The molecule has 6 heteroatoms. The Morgan fingerprint density at radius 2 is 2.13 bits per heavy atom. The summed E-state index contributed by atoms with van der Waals surface area (Å²) in [7, 11) is 1.56. The minimum atomic E-state index is -0.129. The lowest BCUT2D eigenvalue weighted by atomic mass is 10.2. The number of rotatable bonds is 4. The summed E-state index contributed by atoms with van der Waals surface area (Å²) in [5.74, 6) is -0.170. The van der Waals surface area contributed by atoms with E-state index in [1.165, 1.54) is 18.5 Å². The number of nitrogens with one attached hydrogen (secondary N) is 2. The number of likely N-dealkylation sites (N-methyl/N-ethyl adjacent to an activating group) is 1. The minimum absolute atomic E-state index is 0.0411. The molecule has 0 atom stereocenters. The molecule has 0 saturated heterocycles. The van der Waals surface area contributed by atoms with E-state index in [1.54, 1.807) is 14.0 Å². The highest BCUT2D eigenvalue weighted by Crippen LogP contribution is 2.24. The molecular formula is C9H13N3O2S. The van der Waals surface area contributed by atoms with E-state index in [0.29, 0.717) is 16.3 Å². The highest BCUT2D eigenvalue weighted by molar-refractivity contribution is 7.10. The van der Waals surface area contributed by atoms with Crippen LogP contribution in [0.25, 0.3) is 0 Å². The van der Waals surface area contributed by atoms with Crippen LogP contribution in [-0.2, 0) is 4.79 Å². The predicted octanol–water partition coefficient (Wildman–Crippen LogP) is 0.812. The molecule has 0 aromatic carbocycles. The number of nitrogens with zero attached hydrogens (tertiary/aromatic N) is 1. The summed E-state index contributed by atoms with van der Waals surface area (Å²) in [5.41, 5.74) is 1.27. The van der Waals surface area contributed by atoms with Crippen molar-refractivity contribution in [3.8, 4) is 0 Å². The smallest absolute Gasteiger partial charge is 0.239 e. The number of hydrogen-bond donors (Lipinski definition) is 2. The Labute approximate surface area is 92.0 Å². The summed E-state index contributed by atoms with van der Waals surface area (Å²) in [6.07, 6.45) is 0. The standard InChI is InChI=1S/C9H13N3O2S/c1-5-8(6(2)13)9(15-12-5)11-4-7(14)10-3/h11H,4H2,1-3H3,(H,10,14). The van der Waals surface area contributed by atoms with Gasteiger partial charge in [-0.3, -0.25) is 9.59 Å². The number of ketones is 1. The zero-order chi connectivity index (χ0) is 11.4. The second-order valence-electron chi connectivity index (χ2n) is 3.06. The maximum absolute atomic E-state index is 11.3. The topological polar surface area (TPSA) is 71.1 Å². The molecular weight excluding hydrogens is 214 g/mol. The third-order valence-corrected chi connectivity index (χ3v) is 2.80. The summed E-state index contributed by atoms with van der Waals surface area (Å²) < 4.78 is 4.07. The summed E-state index contributed by atoms with van der Waals surface area (Å²) in [6, 6.07) is 0. The van der Waals surface area contributed by atoms with Gasteiger partial charge in [-0.15, -0.1) is 0 Å². The predicted molar refractivity (Wildman–Crippen MR) is 59.4 cm³/mol. The molecule has 0 aliphatic rings. The molecule has 0 spiro atoms. The number of aromatic nitrogens is 1. The van der Waals surface area contributed by atoms with Gasteiger partial charge in [-0.2, -0.15) is 4.37 Å².